The second kappa shape index (κ2) is 11.1. The molecule has 2 fully saturated rings. The van der Waals surface area contributed by atoms with Crippen LogP contribution in [-0.2, 0) is 34.1 Å². The summed E-state index contributed by atoms with van der Waals surface area (Å²) in [6.45, 7) is 4.68. The highest BCUT2D eigenvalue weighted by Crippen LogP contribution is 2.47. The van der Waals surface area contributed by atoms with E-state index in [2.05, 4.69) is 44.1 Å². The standard InChI is InChI=1S/C32H35N7O5S/c1-20-35-30(44-37-20)27-16-26(27)29(40)33-17-22-7-8-24(21-5-3-6-23(15-21)39-12-4-11-34-39)25-9-13-38(18-28(22)25)31(41)36-32(2)10-14-45(42,43)19-32/h3-8,11-12,15,26-27H,9-10,13-14,16-19H2,1-2H3,(H,33,40)(H,36,41)/t26-,27+,32?/m1/s1. The Morgan fingerprint density at radius 3 is 2.76 bits per heavy atom. The van der Waals surface area contributed by atoms with E-state index in [1.807, 2.05) is 35.1 Å². The summed E-state index contributed by atoms with van der Waals surface area (Å²) in [5.74, 6) is 0.717. The first kappa shape index (κ1) is 29.2. The summed E-state index contributed by atoms with van der Waals surface area (Å²) in [5.41, 5.74) is 5.30. The second-order valence-electron chi connectivity index (χ2n) is 12.6. The van der Waals surface area contributed by atoms with Crippen molar-refractivity contribution in [2.75, 3.05) is 18.1 Å². The first-order valence-electron chi connectivity index (χ1n) is 15.2. The smallest absolute Gasteiger partial charge is 0.318 e. The molecular weight excluding hydrogens is 594 g/mol. The van der Waals surface area contributed by atoms with Crippen molar-refractivity contribution in [3.63, 3.8) is 0 Å². The normalized spacial score (nSPS) is 23.4. The van der Waals surface area contributed by atoms with Gasteiger partial charge in [-0.15, -0.1) is 0 Å². The van der Waals surface area contributed by atoms with E-state index in [9.17, 15) is 18.0 Å². The number of urea groups is 1. The largest absolute Gasteiger partial charge is 0.352 e. The van der Waals surface area contributed by atoms with Gasteiger partial charge in [-0.25, -0.2) is 17.9 Å². The van der Waals surface area contributed by atoms with E-state index in [0.29, 0.717) is 50.6 Å². The second-order valence-corrected chi connectivity index (χ2v) is 14.8. The molecule has 1 aliphatic carbocycles. The number of fused-ring (bicyclic) bond motifs is 1. The van der Waals surface area contributed by atoms with E-state index >= 15 is 0 Å². The van der Waals surface area contributed by atoms with Crippen molar-refractivity contribution < 1.29 is 22.5 Å². The number of benzene rings is 2. The Labute approximate surface area is 261 Å². The number of aromatic nitrogens is 4. The molecule has 234 valence electrons. The van der Waals surface area contributed by atoms with Gasteiger partial charge in [0.15, 0.2) is 15.7 Å². The quantitative estimate of drug-likeness (QED) is 0.316. The number of nitrogens with one attached hydrogen (secondary N) is 2. The molecule has 45 heavy (non-hydrogen) atoms. The molecule has 2 aromatic carbocycles. The number of hydrogen-bond acceptors (Lipinski definition) is 8. The van der Waals surface area contributed by atoms with Crippen LogP contribution in [0.15, 0.2) is 59.4 Å². The summed E-state index contributed by atoms with van der Waals surface area (Å²) in [7, 11) is -3.17. The number of rotatable bonds is 7. The van der Waals surface area contributed by atoms with Crippen LogP contribution in [-0.4, -0.2) is 68.8 Å². The van der Waals surface area contributed by atoms with E-state index in [1.54, 1.807) is 24.9 Å². The van der Waals surface area contributed by atoms with Crippen LogP contribution in [0.3, 0.4) is 0 Å². The van der Waals surface area contributed by atoms with Crippen molar-refractivity contribution in [2.24, 2.45) is 5.92 Å². The molecule has 0 radical (unpaired) electrons. The lowest BCUT2D eigenvalue weighted by molar-refractivity contribution is -0.122. The van der Waals surface area contributed by atoms with Gasteiger partial charge in [0, 0.05) is 32.0 Å². The molecule has 2 aliphatic heterocycles. The first-order chi connectivity index (χ1) is 21.6. The minimum Gasteiger partial charge on any atom is -0.352 e. The Balaban J connectivity index is 1.15. The molecule has 4 heterocycles. The lowest BCUT2D eigenvalue weighted by atomic mass is 9.87. The van der Waals surface area contributed by atoms with Crippen molar-refractivity contribution in [1.82, 2.24) is 35.5 Å². The number of aryl methyl sites for hydroxylation is 1. The molecule has 7 rings (SSSR count). The van der Waals surface area contributed by atoms with Gasteiger partial charge in [-0.2, -0.15) is 10.1 Å². The number of amides is 3. The molecule has 0 bridgehead atoms. The lowest BCUT2D eigenvalue weighted by Gasteiger charge is -2.35. The number of sulfone groups is 1. The molecule has 1 saturated carbocycles. The van der Waals surface area contributed by atoms with Crippen molar-refractivity contribution in [3.8, 4) is 16.8 Å². The molecule has 2 N–H and O–H groups in total. The van der Waals surface area contributed by atoms with Gasteiger partial charge in [0.2, 0.25) is 11.8 Å². The summed E-state index contributed by atoms with van der Waals surface area (Å²) in [5, 5.41) is 14.3. The number of hydrogen-bond donors (Lipinski definition) is 2. The zero-order chi connectivity index (χ0) is 31.3. The van der Waals surface area contributed by atoms with Crippen LogP contribution in [0.5, 0.6) is 0 Å². The third kappa shape index (κ3) is 5.96. The van der Waals surface area contributed by atoms with E-state index in [1.165, 1.54) is 0 Å². The predicted octanol–water partition coefficient (Wildman–Crippen LogP) is 3.30. The molecule has 2 aromatic heterocycles. The summed E-state index contributed by atoms with van der Waals surface area (Å²) in [4.78, 5) is 32.6. The van der Waals surface area contributed by atoms with Crippen molar-refractivity contribution in [1.29, 1.82) is 0 Å². The fraction of sp³-hybridized carbons (Fsp3) is 0.406. The highest BCUT2D eigenvalue weighted by Gasteiger charge is 2.47. The maximum absolute atomic E-state index is 13.5. The number of carbonyl (C=O) groups excluding carboxylic acids is 2. The zero-order valence-corrected chi connectivity index (χ0v) is 26.0. The van der Waals surface area contributed by atoms with Crippen LogP contribution >= 0.6 is 0 Å². The third-order valence-electron chi connectivity index (χ3n) is 9.08. The van der Waals surface area contributed by atoms with E-state index in [4.69, 9.17) is 4.52 Å². The van der Waals surface area contributed by atoms with Gasteiger partial charge in [0.1, 0.15) is 0 Å². The predicted molar refractivity (Wildman–Crippen MR) is 165 cm³/mol. The van der Waals surface area contributed by atoms with Crippen LogP contribution in [0.2, 0.25) is 0 Å². The Bertz CT molecular complexity index is 1890. The molecule has 3 amide bonds. The highest BCUT2D eigenvalue weighted by molar-refractivity contribution is 7.91. The van der Waals surface area contributed by atoms with Gasteiger partial charge in [-0.3, -0.25) is 4.79 Å². The van der Waals surface area contributed by atoms with Gasteiger partial charge in [-0.1, -0.05) is 29.4 Å². The van der Waals surface area contributed by atoms with Crippen LogP contribution in [0.4, 0.5) is 4.79 Å². The molecule has 3 aliphatic rings. The first-order valence-corrected chi connectivity index (χ1v) is 17.0. The summed E-state index contributed by atoms with van der Waals surface area (Å²) >= 11 is 0. The monoisotopic (exact) mass is 629 g/mol. The fourth-order valence-corrected chi connectivity index (χ4v) is 8.66. The average Bonchev–Trinajstić information content (AvgIpc) is 3.28. The molecule has 1 unspecified atom stereocenters. The molecule has 12 nitrogen and oxygen atoms in total. The highest BCUT2D eigenvalue weighted by atomic mass is 32.2. The van der Waals surface area contributed by atoms with Crippen LogP contribution in [0, 0.1) is 12.8 Å². The minimum atomic E-state index is -3.17. The lowest BCUT2D eigenvalue weighted by Crippen LogP contribution is -2.53. The zero-order valence-electron chi connectivity index (χ0n) is 25.2. The SMILES string of the molecule is Cc1noc([C@H]2C[C@H]2C(=O)NCc2ccc(-c3cccc(-n4cccn4)c3)c3c2CN(C(=O)NC2(C)CCS(=O)(=O)C2)CC3)n1. The summed E-state index contributed by atoms with van der Waals surface area (Å²) in [6, 6.07) is 13.9. The van der Waals surface area contributed by atoms with Gasteiger partial charge in [0.25, 0.3) is 0 Å². The Kier molecular flexibility index (Phi) is 7.22. The molecular formula is C32H35N7O5S. The number of nitrogens with zero attached hydrogens (tertiary/aromatic N) is 5. The number of carbonyl (C=O) groups is 2. The van der Waals surface area contributed by atoms with E-state index in [-0.39, 0.29) is 35.3 Å². The molecule has 3 atom stereocenters. The average molecular weight is 630 g/mol. The van der Waals surface area contributed by atoms with Gasteiger partial charge < -0.3 is 20.1 Å². The van der Waals surface area contributed by atoms with Crippen molar-refractivity contribution in [2.45, 2.75) is 57.7 Å². The maximum atomic E-state index is 13.5. The van der Waals surface area contributed by atoms with Crippen LogP contribution in [0.1, 0.15) is 54.1 Å². The van der Waals surface area contributed by atoms with Crippen molar-refractivity contribution >= 4 is 21.8 Å². The molecule has 1 saturated heterocycles. The van der Waals surface area contributed by atoms with E-state index in [0.717, 1.165) is 33.5 Å². The summed E-state index contributed by atoms with van der Waals surface area (Å²) < 4.78 is 31.4. The van der Waals surface area contributed by atoms with Gasteiger partial charge >= 0.3 is 6.03 Å². The Hall–Kier alpha value is -4.52. The van der Waals surface area contributed by atoms with E-state index < -0.39 is 15.4 Å². The molecule has 13 heteroatoms. The van der Waals surface area contributed by atoms with Gasteiger partial charge in [0.05, 0.1) is 34.6 Å². The topological polar surface area (TPSA) is 152 Å². The summed E-state index contributed by atoms with van der Waals surface area (Å²) in [6.07, 6.45) is 5.31. The molecule has 0 spiro atoms. The van der Waals surface area contributed by atoms with Crippen molar-refractivity contribution in [3.05, 3.63) is 83.3 Å². The Morgan fingerprint density at radius 1 is 1.16 bits per heavy atom. The third-order valence-corrected chi connectivity index (χ3v) is 11.0. The van der Waals surface area contributed by atoms with Crippen LogP contribution in [0.25, 0.3) is 16.8 Å². The van der Waals surface area contributed by atoms with Crippen LogP contribution < -0.4 is 10.6 Å². The fourth-order valence-electron chi connectivity index (χ4n) is 6.57. The van der Waals surface area contributed by atoms with Gasteiger partial charge in [-0.05, 0) is 79.1 Å². The maximum Gasteiger partial charge on any atom is 0.318 e. The minimum absolute atomic E-state index is 0.0600. The molecule has 4 aromatic rings. The Morgan fingerprint density at radius 2 is 2.02 bits per heavy atom.